The third-order valence-corrected chi connectivity index (χ3v) is 3.30. The van der Waals surface area contributed by atoms with Gasteiger partial charge in [0.25, 0.3) is 0 Å². The topological polar surface area (TPSA) is 65.2 Å². The zero-order chi connectivity index (χ0) is 15.2. The van der Waals surface area contributed by atoms with Gasteiger partial charge in [-0.3, -0.25) is 10.2 Å². The van der Waals surface area contributed by atoms with Crippen LogP contribution in [0, 0.1) is 18.3 Å². The summed E-state index contributed by atoms with van der Waals surface area (Å²) in [6, 6.07) is 16.1. The molecular weight excluding hydrogens is 330 g/mol. The van der Waals surface area contributed by atoms with E-state index in [1.807, 2.05) is 37.3 Å². The number of ketones is 1. The Bertz CT molecular complexity index is 713. The van der Waals surface area contributed by atoms with Crippen molar-refractivity contribution in [2.75, 3.05) is 5.43 Å². The van der Waals surface area contributed by atoms with E-state index < -0.39 is 5.78 Å². The molecule has 0 unspecified atom stereocenters. The highest BCUT2D eigenvalue weighted by atomic mass is 79.9. The maximum Gasteiger partial charge on any atom is 0.223 e. The standard InChI is InChI=1S/C16H12BrN3O/c1-11-2-4-12(5-3-11)16(21)15(10-18)20-19-14-8-6-13(17)7-9-14/h2-9,19H,1H3/b20-15+. The largest absolute Gasteiger partial charge is 0.286 e. The third-order valence-electron chi connectivity index (χ3n) is 2.78. The summed E-state index contributed by atoms with van der Waals surface area (Å²) >= 11 is 3.33. The van der Waals surface area contributed by atoms with Gasteiger partial charge in [-0.25, -0.2) is 0 Å². The molecule has 0 saturated heterocycles. The molecule has 0 bridgehead atoms. The number of Topliss-reactive ketones (excluding diaryl/α,β-unsaturated/α-hetero) is 1. The molecule has 0 aliphatic rings. The molecule has 0 radical (unpaired) electrons. The predicted molar refractivity (Wildman–Crippen MR) is 86.3 cm³/mol. The van der Waals surface area contributed by atoms with Crippen LogP contribution in [-0.2, 0) is 0 Å². The van der Waals surface area contributed by atoms with Gasteiger partial charge in [0.05, 0.1) is 5.69 Å². The number of hydrogen-bond donors (Lipinski definition) is 1. The first kappa shape index (κ1) is 14.9. The number of hydrazone groups is 1. The van der Waals surface area contributed by atoms with Crippen LogP contribution < -0.4 is 5.43 Å². The molecule has 2 aromatic rings. The Morgan fingerprint density at radius 3 is 2.33 bits per heavy atom. The van der Waals surface area contributed by atoms with Crippen molar-refractivity contribution in [3.8, 4) is 6.07 Å². The number of hydrogen-bond acceptors (Lipinski definition) is 4. The predicted octanol–water partition coefficient (Wildman–Crippen LogP) is 3.93. The van der Waals surface area contributed by atoms with E-state index >= 15 is 0 Å². The van der Waals surface area contributed by atoms with Crippen molar-refractivity contribution in [1.82, 2.24) is 0 Å². The zero-order valence-corrected chi connectivity index (χ0v) is 12.9. The van der Waals surface area contributed by atoms with Crippen molar-refractivity contribution in [1.29, 1.82) is 5.26 Å². The van der Waals surface area contributed by atoms with Crippen LogP contribution in [0.2, 0.25) is 0 Å². The minimum atomic E-state index is -0.401. The van der Waals surface area contributed by atoms with Crippen molar-refractivity contribution < 1.29 is 4.79 Å². The Labute approximate surface area is 131 Å². The molecule has 2 rings (SSSR count). The van der Waals surface area contributed by atoms with Crippen molar-refractivity contribution in [3.05, 3.63) is 64.1 Å². The van der Waals surface area contributed by atoms with Crippen molar-refractivity contribution >= 4 is 33.1 Å². The van der Waals surface area contributed by atoms with Crippen LogP contribution in [0.4, 0.5) is 5.69 Å². The molecule has 0 spiro atoms. The van der Waals surface area contributed by atoms with E-state index in [-0.39, 0.29) is 5.71 Å². The molecule has 0 aliphatic carbocycles. The lowest BCUT2D eigenvalue weighted by molar-refractivity contribution is 0.106. The van der Waals surface area contributed by atoms with E-state index in [4.69, 9.17) is 5.26 Å². The summed E-state index contributed by atoms with van der Waals surface area (Å²) in [5, 5.41) is 13.0. The number of nitrogens with zero attached hydrogens (tertiary/aromatic N) is 2. The molecule has 4 nitrogen and oxygen atoms in total. The summed E-state index contributed by atoms with van der Waals surface area (Å²) in [6.45, 7) is 1.93. The molecule has 0 atom stereocenters. The fourth-order valence-corrected chi connectivity index (χ4v) is 1.88. The number of halogens is 1. The number of benzene rings is 2. The zero-order valence-electron chi connectivity index (χ0n) is 11.3. The maximum absolute atomic E-state index is 12.2. The van der Waals surface area contributed by atoms with Crippen molar-refractivity contribution in [2.24, 2.45) is 5.10 Å². The highest BCUT2D eigenvalue weighted by Crippen LogP contribution is 2.14. The second kappa shape index (κ2) is 6.82. The first-order valence-electron chi connectivity index (χ1n) is 6.21. The average molecular weight is 342 g/mol. The smallest absolute Gasteiger partial charge is 0.223 e. The van der Waals surface area contributed by atoms with Gasteiger partial charge in [0.2, 0.25) is 11.5 Å². The highest BCUT2D eigenvalue weighted by Gasteiger charge is 2.13. The molecule has 5 heteroatoms. The second-order valence-electron chi connectivity index (χ2n) is 4.39. The first-order chi connectivity index (χ1) is 10.1. The van der Waals surface area contributed by atoms with Gasteiger partial charge in [-0.1, -0.05) is 45.8 Å². The molecule has 2 aromatic carbocycles. The van der Waals surface area contributed by atoms with Crippen molar-refractivity contribution in [2.45, 2.75) is 6.92 Å². The molecule has 0 heterocycles. The average Bonchev–Trinajstić information content (AvgIpc) is 2.50. The number of nitriles is 1. The van der Waals surface area contributed by atoms with Crippen LogP contribution >= 0.6 is 15.9 Å². The Kier molecular flexibility index (Phi) is 4.85. The van der Waals surface area contributed by atoms with Crippen LogP contribution in [0.25, 0.3) is 0 Å². The molecule has 1 N–H and O–H groups in total. The number of carbonyl (C=O) groups is 1. The summed E-state index contributed by atoms with van der Waals surface area (Å²) in [4.78, 5) is 12.2. The molecule has 104 valence electrons. The Morgan fingerprint density at radius 2 is 1.76 bits per heavy atom. The molecular formula is C16H12BrN3O. The SMILES string of the molecule is Cc1ccc(C(=O)/C(C#N)=N/Nc2ccc(Br)cc2)cc1. The van der Waals surface area contributed by atoms with Crippen LogP contribution in [-0.4, -0.2) is 11.5 Å². The van der Waals surface area contributed by atoms with E-state index in [9.17, 15) is 4.79 Å². The summed E-state index contributed by atoms with van der Waals surface area (Å²) < 4.78 is 0.938. The maximum atomic E-state index is 12.2. The summed E-state index contributed by atoms with van der Waals surface area (Å²) in [6.07, 6.45) is 0. The van der Waals surface area contributed by atoms with E-state index in [0.29, 0.717) is 11.3 Å². The van der Waals surface area contributed by atoms with E-state index in [1.54, 1.807) is 24.3 Å². The molecule has 0 amide bonds. The monoisotopic (exact) mass is 341 g/mol. The minimum Gasteiger partial charge on any atom is -0.286 e. The Morgan fingerprint density at radius 1 is 1.14 bits per heavy atom. The normalized spacial score (nSPS) is 10.8. The minimum absolute atomic E-state index is 0.179. The quantitative estimate of drug-likeness (QED) is 0.520. The van der Waals surface area contributed by atoms with E-state index in [2.05, 4.69) is 26.5 Å². The Balaban J connectivity index is 2.17. The lowest BCUT2D eigenvalue weighted by Gasteiger charge is -2.02. The number of nitrogens with one attached hydrogen (secondary N) is 1. The van der Waals surface area contributed by atoms with Gasteiger partial charge in [0.15, 0.2) is 0 Å². The summed E-state index contributed by atoms with van der Waals surface area (Å²) in [5.41, 5.74) is 4.72. The third kappa shape index (κ3) is 4.01. The second-order valence-corrected chi connectivity index (χ2v) is 5.30. The molecule has 0 saturated carbocycles. The highest BCUT2D eigenvalue weighted by molar-refractivity contribution is 9.10. The van der Waals surface area contributed by atoms with Gasteiger partial charge in [0, 0.05) is 10.0 Å². The fraction of sp³-hybridized carbons (Fsp3) is 0.0625. The molecule has 0 fully saturated rings. The van der Waals surface area contributed by atoms with E-state index in [1.165, 1.54) is 0 Å². The molecule has 21 heavy (non-hydrogen) atoms. The Hall–Kier alpha value is -2.45. The first-order valence-corrected chi connectivity index (χ1v) is 7.00. The number of carbonyl (C=O) groups excluding carboxylic acids is 1. The van der Waals surface area contributed by atoms with Crippen LogP contribution in [0.15, 0.2) is 58.1 Å². The van der Waals surface area contributed by atoms with Gasteiger partial charge in [0.1, 0.15) is 6.07 Å². The fourth-order valence-electron chi connectivity index (χ4n) is 1.61. The lowest BCUT2D eigenvalue weighted by Crippen LogP contribution is -2.14. The summed E-state index contributed by atoms with van der Waals surface area (Å²) in [5.74, 6) is -0.401. The molecule has 0 aromatic heterocycles. The number of anilines is 1. The number of rotatable bonds is 4. The van der Waals surface area contributed by atoms with Crippen LogP contribution in [0.3, 0.4) is 0 Å². The van der Waals surface area contributed by atoms with Gasteiger partial charge in [-0.15, -0.1) is 0 Å². The van der Waals surface area contributed by atoms with Gasteiger partial charge in [-0.2, -0.15) is 10.4 Å². The van der Waals surface area contributed by atoms with Crippen LogP contribution in [0.1, 0.15) is 15.9 Å². The lowest BCUT2D eigenvalue weighted by atomic mass is 10.1. The molecule has 0 aliphatic heterocycles. The van der Waals surface area contributed by atoms with Crippen LogP contribution in [0.5, 0.6) is 0 Å². The van der Waals surface area contributed by atoms with Gasteiger partial charge >= 0.3 is 0 Å². The van der Waals surface area contributed by atoms with E-state index in [0.717, 1.165) is 10.0 Å². The van der Waals surface area contributed by atoms with Gasteiger partial charge < -0.3 is 0 Å². The summed E-state index contributed by atoms with van der Waals surface area (Å²) in [7, 11) is 0. The number of aryl methyl sites for hydroxylation is 1. The van der Waals surface area contributed by atoms with Crippen molar-refractivity contribution in [3.63, 3.8) is 0 Å². The van der Waals surface area contributed by atoms with Gasteiger partial charge in [-0.05, 0) is 31.2 Å².